The van der Waals surface area contributed by atoms with Crippen molar-refractivity contribution in [2.45, 2.75) is 39.2 Å². The van der Waals surface area contributed by atoms with Crippen LogP contribution in [0.3, 0.4) is 0 Å². The first-order valence-corrected chi connectivity index (χ1v) is 8.36. The summed E-state index contributed by atoms with van der Waals surface area (Å²) >= 11 is 0. The van der Waals surface area contributed by atoms with Crippen molar-refractivity contribution in [3.05, 3.63) is 29.3 Å². The second-order valence-corrected chi connectivity index (χ2v) is 6.42. The molecule has 1 aromatic carbocycles. The van der Waals surface area contributed by atoms with E-state index in [-0.39, 0.29) is 11.8 Å². The van der Waals surface area contributed by atoms with Crippen LogP contribution in [0, 0.1) is 11.8 Å². The van der Waals surface area contributed by atoms with Gasteiger partial charge in [0.1, 0.15) is 5.75 Å². The van der Waals surface area contributed by atoms with Gasteiger partial charge in [-0.15, -0.1) is 0 Å². The summed E-state index contributed by atoms with van der Waals surface area (Å²) in [5, 5.41) is 9.13. The van der Waals surface area contributed by atoms with Crippen LogP contribution in [-0.4, -0.2) is 35.0 Å². The van der Waals surface area contributed by atoms with Crippen LogP contribution >= 0.6 is 0 Å². The molecule has 1 aromatic rings. The minimum Gasteiger partial charge on any atom is -0.494 e. The zero-order valence-electron chi connectivity index (χ0n) is 13.5. The van der Waals surface area contributed by atoms with Crippen molar-refractivity contribution in [2.75, 3.05) is 13.2 Å². The largest absolute Gasteiger partial charge is 0.494 e. The Morgan fingerprint density at radius 3 is 2.70 bits per heavy atom. The van der Waals surface area contributed by atoms with Gasteiger partial charge < -0.3 is 14.7 Å². The number of benzene rings is 1. The van der Waals surface area contributed by atoms with Gasteiger partial charge in [0.05, 0.1) is 18.4 Å². The molecule has 5 nitrogen and oxygen atoms in total. The van der Waals surface area contributed by atoms with Gasteiger partial charge in [-0.25, -0.2) is 0 Å². The van der Waals surface area contributed by atoms with E-state index in [9.17, 15) is 9.59 Å². The van der Waals surface area contributed by atoms with Crippen molar-refractivity contribution in [1.82, 2.24) is 4.90 Å². The number of hydrogen-bond donors (Lipinski definition) is 1. The molecule has 2 atom stereocenters. The molecule has 5 heteroatoms. The molecule has 0 saturated heterocycles. The first-order valence-electron chi connectivity index (χ1n) is 8.36. The third-order valence-electron chi connectivity index (χ3n) is 4.88. The minimum absolute atomic E-state index is 0.000564. The van der Waals surface area contributed by atoms with Crippen LogP contribution in [-0.2, 0) is 22.6 Å². The van der Waals surface area contributed by atoms with Gasteiger partial charge in [0.25, 0.3) is 0 Å². The van der Waals surface area contributed by atoms with Gasteiger partial charge in [-0.05, 0) is 48.9 Å². The maximum atomic E-state index is 12.6. The lowest BCUT2D eigenvalue weighted by molar-refractivity contribution is -0.157. The van der Waals surface area contributed by atoms with Crippen LogP contribution in [0.25, 0.3) is 0 Å². The maximum Gasteiger partial charge on any atom is 0.307 e. The Labute approximate surface area is 136 Å². The number of amides is 1. The van der Waals surface area contributed by atoms with Gasteiger partial charge in [0.2, 0.25) is 5.91 Å². The van der Waals surface area contributed by atoms with Crippen LogP contribution in [0.5, 0.6) is 5.75 Å². The number of fused-ring (bicyclic) bond motifs is 1. The Morgan fingerprint density at radius 2 is 2.04 bits per heavy atom. The molecule has 0 aromatic heterocycles. The highest BCUT2D eigenvalue weighted by Crippen LogP contribution is 2.37. The van der Waals surface area contributed by atoms with Gasteiger partial charge in [-0.3, -0.25) is 9.59 Å². The van der Waals surface area contributed by atoms with Crippen molar-refractivity contribution in [3.63, 3.8) is 0 Å². The molecule has 1 fully saturated rings. The zero-order valence-corrected chi connectivity index (χ0v) is 13.5. The molecule has 1 aliphatic carbocycles. The SMILES string of the molecule is CCCOc1ccc2c(c1)CCN(C(=O)C1CCC1C(=O)O)C2. The molecule has 0 radical (unpaired) electrons. The Morgan fingerprint density at radius 1 is 1.26 bits per heavy atom. The zero-order chi connectivity index (χ0) is 16.4. The molecule has 23 heavy (non-hydrogen) atoms. The number of carbonyl (C=O) groups excluding carboxylic acids is 1. The Bertz CT molecular complexity index is 613. The van der Waals surface area contributed by atoms with E-state index in [0.717, 1.165) is 24.2 Å². The molecule has 1 saturated carbocycles. The summed E-state index contributed by atoms with van der Waals surface area (Å²) in [7, 11) is 0. The summed E-state index contributed by atoms with van der Waals surface area (Å²) in [6, 6.07) is 6.04. The van der Waals surface area contributed by atoms with Gasteiger partial charge in [-0.1, -0.05) is 13.0 Å². The predicted molar refractivity (Wildman–Crippen MR) is 85.2 cm³/mol. The van der Waals surface area contributed by atoms with Crippen molar-refractivity contribution in [1.29, 1.82) is 0 Å². The topological polar surface area (TPSA) is 66.8 Å². The van der Waals surface area contributed by atoms with E-state index in [1.807, 2.05) is 17.0 Å². The van der Waals surface area contributed by atoms with Crippen LogP contribution in [0.2, 0.25) is 0 Å². The van der Waals surface area contributed by atoms with Crippen molar-refractivity contribution < 1.29 is 19.4 Å². The summed E-state index contributed by atoms with van der Waals surface area (Å²) in [6.45, 7) is 4.02. The Balaban J connectivity index is 1.66. The number of aliphatic carboxylic acids is 1. The molecule has 3 rings (SSSR count). The number of rotatable bonds is 5. The highest BCUT2D eigenvalue weighted by atomic mass is 16.5. The third-order valence-corrected chi connectivity index (χ3v) is 4.88. The van der Waals surface area contributed by atoms with Crippen LogP contribution in [0.4, 0.5) is 0 Å². The number of hydrogen-bond acceptors (Lipinski definition) is 3. The first kappa shape index (κ1) is 15.8. The van der Waals surface area contributed by atoms with E-state index < -0.39 is 11.9 Å². The monoisotopic (exact) mass is 317 g/mol. The Kier molecular flexibility index (Phi) is 4.55. The molecule has 2 aliphatic rings. The minimum atomic E-state index is -0.843. The maximum absolute atomic E-state index is 12.6. The van der Waals surface area contributed by atoms with E-state index in [1.54, 1.807) is 0 Å². The van der Waals surface area contributed by atoms with E-state index >= 15 is 0 Å². The second-order valence-electron chi connectivity index (χ2n) is 6.42. The van der Waals surface area contributed by atoms with Crippen LogP contribution in [0.1, 0.15) is 37.3 Å². The average molecular weight is 317 g/mol. The molecular weight excluding hydrogens is 294 g/mol. The fourth-order valence-corrected chi connectivity index (χ4v) is 3.35. The average Bonchev–Trinajstić information content (AvgIpc) is 2.50. The molecule has 2 unspecified atom stereocenters. The molecule has 0 spiro atoms. The molecule has 1 heterocycles. The quantitative estimate of drug-likeness (QED) is 0.906. The fraction of sp³-hybridized carbons (Fsp3) is 0.556. The lowest BCUT2D eigenvalue weighted by atomic mass is 9.72. The summed E-state index contributed by atoms with van der Waals surface area (Å²) < 4.78 is 5.65. The number of carboxylic acids is 1. The summed E-state index contributed by atoms with van der Waals surface area (Å²) in [6.07, 6.45) is 3.09. The molecule has 0 bridgehead atoms. The highest BCUT2D eigenvalue weighted by Gasteiger charge is 2.43. The molecule has 124 valence electrons. The van der Waals surface area contributed by atoms with Gasteiger partial charge >= 0.3 is 5.97 Å². The lowest BCUT2D eigenvalue weighted by Crippen LogP contribution is -2.47. The highest BCUT2D eigenvalue weighted by molar-refractivity contribution is 5.86. The smallest absolute Gasteiger partial charge is 0.307 e. The lowest BCUT2D eigenvalue weighted by Gasteiger charge is -2.38. The third kappa shape index (κ3) is 3.19. The van der Waals surface area contributed by atoms with E-state index in [2.05, 4.69) is 13.0 Å². The van der Waals surface area contributed by atoms with Gasteiger partial charge in [0.15, 0.2) is 0 Å². The standard InChI is InChI=1S/C18H23NO4/c1-2-9-23-14-4-3-13-11-19(8-7-12(13)10-14)17(20)15-5-6-16(15)18(21)22/h3-4,10,15-16H,2,5-9,11H2,1H3,(H,21,22). The van der Waals surface area contributed by atoms with Crippen LogP contribution in [0.15, 0.2) is 18.2 Å². The van der Waals surface area contributed by atoms with E-state index in [1.165, 1.54) is 5.56 Å². The molecule has 1 aliphatic heterocycles. The normalized spacial score (nSPS) is 22.9. The number of nitrogens with zero attached hydrogens (tertiary/aromatic N) is 1. The van der Waals surface area contributed by atoms with E-state index in [4.69, 9.17) is 9.84 Å². The summed E-state index contributed by atoms with van der Waals surface area (Å²) in [5.74, 6) is -0.782. The number of carbonyl (C=O) groups is 2. The van der Waals surface area contributed by atoms with Crippen molar-refractivity contribution >= 4 is 11.9 Å². The molecular formula is C18H23NO4. The number of carboxylic acid groups (broad SMARTS) is 1. The first-order chi connectivity index (χ1) is 11.1. The van der Waals surface area contributed by atoms with Crippen molar-refractivity contribution in [3.8, 4) is 5.75 Å². The number of ether oxygens (including phenoxy) is 1. The summed E-state index contributed by atoms with van der Waals surface area (Å²) in [4.78, 5) is 25.5. The molecule has 1 amide bonds. The van der Waals surface area contributed by atoms with Gasteiger partial charge in [-0.2, -0.15) is 0 Å². The molecule has 1 N–H and O–H groups in total. The summed E-state index contributed by atoms with van der Waals surface area (Å²) in [5.41, 5.74) is 2.37. The predicted octanol–water partition coefficient (Wildman–Crippen LogP) is 2.47. The fourth-order valence-electron chi connectivity index (χ4n) is 3.35. The Hall–Kier alpha value is -2.04. The van der Waals surface area contributed by atoms with Gasteiger partial charge in [0, 0.05) is 13.1 Å². The van der Waals surface area contributed by atoms with Crippen molar-refractivity contribution in [2.24, 2.45) is 11.8 Å². The second kappa shape index (κ2) is 6.60. The van der Waals surface area contributed by atoms with E-state index in [0.29, 0.717) is 32.5 Å². The van der Waals surface area contributed by atoms with Crippen LogP contribution < -0.4 is 4.74 Å².